The lowest BCUT2D eigenvalue weighted by molar-refractivity contribution is -0.0200. The van der Waals surface area contributed by atoms with E-state index in [0.29, 0.717) is 0 Å². The number of carbonyl (C=O) groups excluding carboxylic acids is 1. The summed E-state index contributed by atoms with van der Waals surface area (Å²) < 4.78 is 10.4. The lowest BCUT2D eigenvalue weighted by Gasteiger charge is -2.22. The molecule has 2 N–H and O–H groups in total. The molecule has 1 unspecified atom stereocenters. The van der Waals surface area contributed by atoms with E-state index in [1.54, 1.807) is 0 Å². The average Bonchev–Trinajstić information content (AvgIpc) is 2.10. The minimum atomic E-state index is -0.600. The molecule has 0 radical (unpaired) electrons. The summed E-state index contributed by atoms with van der Waals surface area (Å²) in [7, 11) is 0. The third-order valence-corrected chi connectivity index (χ3v) is 2.49. The minimum Gasteiger partial charge on any atom is -0.429 e. The van der Waals surface area contributed by atoms with E-state index >= 15 is 0 Å². The maximum Gasteiger partial charge on any atom is 0.509 e. The molecule has 1 rings (SSSR count). The van der Waals surface area contributed by atoms with Gasteiger partial charge in [0.25, 0.3) is 0 Å². The molecule has 4 heteroatoms. The Balaban J connectivity index is 2.42. The third kappa shape index (κ3) is 6.31. The highest BCUT2D eigenvalue weighted by Gasteiger charge is 2.20. The maximum absolute atomic E-state index is 11.5. The molecule has 0 amide bonds. The Morgan fingerprint density at radius 2 is 2.06 bits per heavy atom. The summed E-state index contributed by atoms with van der Waals surface area (Å²) in [5.41, 5.74) is 5.34. The highest BCUT2D eigenvalue weighted by atomic mass is 16.7. The SMILES string of the molecule is CC(C)(C)OC(=O)OC1/C=C/C[C@@H](N)CCC1. The summed E-state index contributed by atoms with van der Waals surface area (Å²) in [5.74, 6) is 0. The lowest BCUT2D eigenvalue weighted by Crippen LogP contribution is -2.28. The van der Waals surface area contributed by atoms with Gasteiger partial charge in [-0.2, -0.15) is 0 Å². The summed E-state index contributed by atoms with van der Waals surface area (Å²) in [6, 6.07) is 0.230. The predicted molar refractivity (Wildman–Crippen MR) is 66.7 cm³/mol. The topological polar surface area (TPSA) is 61.5 Å². The summed E-state index contributed by atoms with van der Waals surface area (Å²) in [6.07, 6.45) is 6.70. The Labute approximate surface area is 103 Å². The van der Waals surface area contributed by atoms with Gasteiger partial charge in [0.05, 0.1) is 0 Å². The fourth-order valence-corrected chi connectivity index (χ4v) is 1.70. The molecule has 0 saturated carbocycles. The molecule has 2 atom stereocenters. The van der Waals surface area contributed by atoms with E-state index in [0.717, 1.165) is 25.7 Å². The Bertz CT molecular complexity index is 281. The first-order valence-corrected chi connectivity index (χ1v) is 6.19. The molecule has 17 heavy (non-hydrogen) atoms. The van der Waals surface area contributed by atoms with Crippen molar-refractivity contribution in [2.45, 2.75) is 64.2 Å². The van der Waals surface area contributed by atoms with Crippen molar-refractivity contribution in [3.63, 3.8) is 0 Å². The number of hydrogen-bond acceptors (Lipinski definition) is 4. The normalized spacial score (nSPS) is 27.8. The first-order chi connectivity index (χ1) is 7.87. The van der Waals surface area contributed by atoms with Gasteiger partial charge in [-0.15, -0.1) is 0 Å². The van der Waals surface area contributed by atoms with Crippen molar-refractivity contribution in [3.05, 3.63) is 12.2 Å². The van der Waals surface area contributed by atoms with Gasteiger partial charge in [0.15, 0.2) is 0 Å². The minimum absolute atomic E-state index is 0.183. The molecule has 1 aliphatic rings. The molecular formula is C13H23NO3. The summed E-state index contributed by atoms with van der Waals surface area (Å²) in [5, 5.41) is 0. The molecule has 0 aromatic rings. The average molecular weight is 241 g/mol. The Morgan fingerprint density at radius 3 is 2.71 bits per heavy atom. The van der Waals surface area contributed by atoms with Crippen LogP contribution in [0.15, 0.2) is 12.2 Å². The van der Waals surface area contributed by atoms with Crippen LogP contribution in [0.4, 0.5) is 4.79 Å². The summed E-state index contributed by atoms with van der Waals surface area (Å²) >= 11 is 0. The van der Waals surface area contributed by atoms with Crippen molar-refractivity contribution < 1.29 is 14.3 Å². The molecule has 1 aliphatic carbocycles. The summed E-state index contributed by atoms with van der Waals surface area (Å²) in [6.45, 7) is 5.46. The molecule has 0 bridgehead atoms. The van der Waals surface area contributed by atoms with Crippen molar-refractivity contribution in [2.75, 3.05) is 0 Å². The molecule has 0 spiro atoms. The second kappa shape index (κ2) is 6.05. The number of carbonyl (C=O) groups is 1. The van der Waals surface area contributed by atoms with Gasteiger partial charge >= 0.3 is 6.16 Å². The third-order valence-electron chi connectivity index (χ3n) is 2.49. The zero-order valence-electron chi connectivity index (χ0n) is 10.9. The van der Waals surface area contributed by atoms with Crippen molar-refractivity contribution in [3.8, 4) is 0 Å². The lowest BCUT2D eigenvalue weighted by atomic mass is 10.0. The summed E-state index contributed by atoms with van der Waals surface area (Å²) in [4.78, 5) is 11.5. The highest BCUT2D eigenvalue weighted by molar-refractivity contribution is 5.61. The van der Waals surface area contributed by atoms with Crippen LogP contribution in [-0.4, -0.2) is 23.9 Å². The maximum atomic E-state index is 11.5. The van der Waals surface area contributed by atoms with Gasteiger partial charge in [-0.25, -0.2) is 4.79 Å². The Morgan fingerprint density at radius 1 is 1.35 bits per heavy atom. The van der Waals surface area contributed by atoms with Crippen LogP contribution in [0.5, 0.6) is 0 Å². The number of hydrogen-bond donors (Lipinski definition) is 1. The molecular weight excluding hydrogens is 218 g/mol. The van der Waals surface area contributed by atoms with Crippen LogP contribution in [0, 0.1) is 0 Å². The molecule has 0 aromatic carbocycles. The van der Waals surface area contributed by atoms with Crippen LogP contribution in [-0.2, 0) is 9.47 Å². The van der Waals surface area contributed by atoms with Gasteiger partial charge in [-0.05, 0) is 52.5 Å². The fraction of sp³-hybridized carbons (Fsp3) is 0.769. The van der Waals surface area contributed by atoms with Gasteiger partial charge in [0, 0.05) is 6.04 Å². The second-order valence-corrected chi connectivity index (χ2v) is 5.48. The number of nitrogens with two attached hydrogens (primary N) is 1. The van der Waals surface area contributed by atoms with E-state index in [1.807, 2.05) is 32.9 Å². The van der Waals surface area contributed by atoms with Crippen LogP contribution < -0.4 is 5.73 Å². The number of ether oxygens (including phenoxy) is 2. The van der Waals surface area contributed by atoms with Crippen molar-refractivity contribution in [2.24, 2.45) is 5.73 Å². The fourth-order valence-electron chi connectivity index (χ4n) is 1.70. The highest BCUT2D eigenvalue weighted by Crippen LogP contribution is 2.16. The van der Waals surface area contributed by atoms with Crippen LogP contribution in [0.1, 0.15) is 46.5 Å². The van der Waals surface area contributed by atoms with Gasteiger partial charge < -0.3 is 15.2 Å². The van der Waals surface area contributed by atoms with Crippen LogP contribution in [0.3, 0.4) is 0 Å². The van der Waals surface area contributed by atoms with E-state index in [-0.39, 0.29) is 12.1 Å². The second-order valence-electron chi connectivity index (χ2n) is 5.48. The van der Waals surface area contributed by atoms with E-state index in [4.69, 9.17) is 15.2 Å². The van der Waals surface area contributed by atoms with E-state index < -0.39 is 11.8 Å². The van der Waals surface area contributed by atoms with Crippen molar-refractivity contribution in [1.29, 1.82) is 0 Å². The molecule has 98 valence electrons. The number of rotatable bonds is 1. The van der Waals surface area contributed by atoms with Crippen molar-refractivity contribution in [1.82, 2.24) is 0 Å². The monoisotopic (exact) mass is 241 g/mol. The van der Waals surface area contributed by atoms with Gasteiger partial charge in [0.1, 0.15) is 11.7 Å². The molecule has 0 aliphatic heterocycles. The predicted octanol–water partition coefficient (Wildman–Crippen LogP) is 2.76. The van der Waals surface area contributed by atoms with E-state index in [9.17, 15) is 4.79 Å². The molecule has 0 saturated heterocycles. The van der Waals surface area contributed by atoms with Gasteiger partial charge in [-0.1, -0.05) is 6.08 Å². The smallest absolute Gasteiger partial charge is 0.429 e. The Kier molecular flexibility index (Phi) is 5.00. The van der Waals surface area contributed by atoms with Crippen LogP contribution >= 0.6 is 0 Å². The van der Waals surface area contributed by atoms with Gasteiger partial charge in [-0.3, -0.25) is 0 Å². The Hall–Kier alpha value is -1.03. The van der Waals surface area contributed by atoms with Gasteiger partial charge in [0.2, 0.25) is 0 Å². The zero-order valence-corrected chi connectivity index (χ0v) is 10.9. The molecule has 4 nitrogen and oxygen atoms in total. The first kappa shape index (κ1) is 14.0. The van der Waals surface area contributed by atoms with E-state index in [2.05, 4.69) is 0 Å². The van der Waals surface area contributed by atoms with E-state index in [1.165, 1.54) is 0 Å². The standard InChI is InChI=1S/C13H23NO3/c1-13(2,3)17-12(15)16-11-8-4-6-10(14)7-5-9-11/h4,8,10-11H,5-7,9,14H2,1-3H3/b8-4+/t10-,11?/m1/s1. The largest absolute Gasteiger partial charge is 0.509 e. The quantitative estimate of drug-likeness (QED) is 0.566. The molecule has 0 heterocycles. The van der Waals surface area contributed by atoms with Crippen molar-refractivity contribution >= 4 is 6.16 Å². The first-order valence-electron chi connectivity index (χ1n) is 6.19. The molecule has 0 fully saturated rings. The zero-order chi connectivity index (χ0) is 12.9. The molecule has 0 aromatic heterocycles. The van der Waals surface area contributed by atoms with Crippen LogP contribution in [0.25, 0.3) is 0 Å². The van der Waals surface area contributed by atoms with Crippen LogP contribution in [0.2, 0.25) is 0 Å².